The number of furan rings is 1. The lowest BCUT2D eigenvalue weighted by Gasteiger charge is -2.06. The van der Waals surface area contributed by atoms with Crippen LogP contribution in [0.4, 0.5) is 10.3 Å². The normalized spacial score (nSPS) is 12.3. The van der Waals surface area contributed by atoms with Crippen LogP contribution in [0, 0.1) is 15.9 Å². The molecule has 0 spiro atoms. The van der Waals surface area contributed by atoms with Gasteiger partial charge in [0, 0.05) is 0 Å². The second kappa shape index (κ2) is 5.30. The number of rotatable bonds is 4. The topological polar surface area (TPSA) is 56.3 Å². The highest BCUT2D eigenvalue weighted by molar-refractivity contribution is 9.09. The first-order valence-corrected chi connectivity index (χ1v) is 6.10. The summed E-state index contributed by atoms with van der Waals surface area (Å²) < 4.78 is 17.8. The minimum atomic E-state index is -0.582. The maximum atomic E-state index is 12.7. The van der Waals surface area contributed by atoms with Gasteiger partial charge >= 0.3 is 5.88 Å². The van der Waals surface area contributed by atoms with Crippen LogP contribution in [0.1, 0.15) is 16.2 Å². The van der Waals surface area contributed by atoms with Gasteiger partial charge in [0.25, 0.3) is 0 Å². The molecule has 0 aliphatic carbocycles. The molecular formula is C12H9BrFNO3. The summed E-state index contributed by atoms with van der Waals surface area (Å²) >= 11 is 3.39. The van der Waals surface area contributed by atoms with Crippen molar-refractivity contribution in [3.8, 4) is 0 Å². The van der Waals surface area contributed by atoms with Crippen LogP contribution < -0.4 is 0 Å². The zero-order chi connectivity index (χ0) is 13.1. The van der Waals surface area contributed by atoms with Crippen LogP contribution >= 0.6 is 15.9 Å². The van der Waals surface area contributed by atoms with Gasteiger partial charge in [-0.1, -0.05) is 28.1 Å². The molecule has 0 radical (unpaired) electrons. The number of nitrogens with zero attached hydrogens (tertiary/aromatic N) is 1. The molecule has 2 rings (SSSR count). The van der Waals surface area contributed by atoms with Gasteiger partial charge in [-0.15, -0.1) is 0 Å². The van der Waals surface area contributed by atoms with Crippen molar-refractivity contribution in [1.82, 2.24) is 0 Å². The molecule has 1 unspecified atom stereocenters. The second-order valence-corrected chi connectivity index (χ2v) is 4.84. The maximum absolute atomic E-state index is 12.7. The van der Waals surface area contributed by atoms with Gasteiger partial charge in [0.1, 0.15) is 16.5 Å². The van der Waals surface area contributed by atoms with Gasteiger partial charge in [-0.25, -0.2) is 4.39 Å². The van der Waals surface area contributed by atoms with E-state index in [2.05, 4.69) is 15.9 Å². The molecule has 4 nitrogen and oxygen atoms in total. The van der Waals surface area contributed by atoms with E-state index in [9.17, 15) is 14.5 Å². The zero-order valence-electron chi connectivity index (χ0n) is 9.18. The number of alkyl halides is 1. The lowest BCUT2D eigenvalue weighted by molar-refractivity contribution is -0.402. The molecule has 0 saturated carbocycles. The molecule has 0 fully saturated rings. The highest BCUT2D eigenvalue weighted by atomic mass is 79.9. The fourth-order valence-electron chi connectivity index (χ4n) is 1.54. The number of nitro groups is 1. The van der Waals surface area contributed by atoms with Gasteiger partial charge < -0.3 is 4.42 Å². The average molecular weight is 314 g/mol. The molecule has 1 heterocycles. The highest BCUT2D eigenvalue weighted by Gasteiger charge is 2.17. The van der Waals surface area contributed by atoms with Gasteiger partial charge in [0.05, 0.1) is 10.9 Å². The summed E-state index contributed by atoms with van der Waals surface area (Å²) in [7, 11) is 0. The number of hydrogen-bond acceptors (Lipinski definition) is 3. The first kappa shape index (κ1) is 12.8. The summed E-state index contributed by atoms with van der Waals surface area (Å²) in [6.45, 7) is 0. The second-order valence-electron chi connectivity index (χ2n) is 3.73. The summed E-state index contributed by atoms with van der Waals surface area (Å²) in [4.78, 5) is 9.72. The Balaban J connectivity index is 2.09. The number of hydrogen-bond donors (Lipinski definition) is 0. The minimum absolute atomic E-state index is 0.184. The van der Waals surface area contributed by atoms with E-state index in [1.807, 2.05) is 0 Å². The Kier molecular flexibility index (Phi) is 3.76. The van der Waals surface area contributed by atoms with E-state index in [1.54, 1.807) is 18.2 Å². The first-order chi connectivity index (χ1) is 8.56. The summed E-state index contributed by atoms with van der Waals surface area (Å²) in [6.07, 6.45) is 0.560. The third kappa shape index (κ3) is 2.95. The van der Waals surface area contributed by atoms with E-state index < -0.39 is 4.92 Å². The summed E-state index contributed by atoms with van der Waals surface area (Å²) in [6, 6.07) is 8.95. The standard InChI is InChI=1S/C12H9BrFNO3/c13-10(7-8-1-3-9(14)4-2-8)11-5-6-12(18-11)15(16)17/h1-6,10H,7H2. The van der Waals surface area contributed by atoms with Crippen molar-refractivity contribution in [1.29, 1.82) is 0 Å². The molecule has 18 heavy (non-hydrogen) atoms. The highest BCUT2D eigenvalue weighted by Crippen LogP contribution is 2.30. The van der Waals surface area contributed by atoms with Crippen LogP contribution in [0.25, 0.3) is 0 Å². The van der Waals surface area contributed by atoms with Gasteiger partial charge in [0.15, 0.2) is 0 Å². The van der Waals surface area contributed by atoms with Crippen molar-refractivity contribution < 1.29 is 13.7 Å². The maximum Gasteiger partial charge on any atom is 0.433 e. The van der Waals surface area contributed by atoms with Crippen LogP contribution in [0.2, 0.25) is 0 Å². The number of halogens is 2. The van der Waals surface area contributed by atoms with Crippen LogP contribution in [0.5, 0.6) is 0 Å². The van der Waals surface area contributed by atoms with Crippen molar-refractivity contribution in [2.75, 3.05) is 0 Å². The Labute approximate surface area is 111 Å². The van der Waals surface area contributed by atoms with Crippen LogP contribution in [-0.4, -0.2) is 4.92 Å². The molecule has 0 N–H and O–H groups in total. The third-order valence-corrected chi connectivity index (χ3v) is 3.20. The van der Waals surface area contributed by atoms with E-state index in [4.69, 9.17) is 4.42 Å². The molecule has 94 valence electrons. The molecule has 1 atom stereocenters. The zero-order valence-corrected chi connectivity index (χ0v) is 10.8. The first-order valence-electron chi connectivity index (χ1n) is 5.19. The SMILES string of the molecule is O=[N+]([O-])c1ccc(C(Br)Cc2ccc(F)cc2)o1. The molecule has 0 saturated heterocycles. The fourth-order valence-corrected chi connectivity index (χ4v) is 2.16. The lowest BCUT2D eigenvalue weighted by atomic mass is 10.1. The molecule has 1 aromatic heterocycles. The van der Waals surface area contributed by atoms with Crippen molar-refractivity contribution in [2.24, 2.45) is 0 Å². The molecule has 1 aromatic carbocycles. The largest absolute Gasteiger partial charge is 0.433 e. The predicted octanol–water partition coefficient (Wildman–Crippen LogP) is 4.01. The summed E-state index contributed by atoms with van der Waals surface area (Å²) in [5, 5.41) is 10.5. The lowest BCUT2D eigenvalue weighted by Crippen LogP contribution is -1.94. The Hall–Kier alpha value is -1.69. The Morgan fingerprint density at radius 3 is 2.50 bits per heavy atom. The quantitative estimate of drug-likeness (QED) is 0.487. The van der Waals surface area contributed by atoms with Gasteiger partial charge in [-0.2, -0.15) is 0 Å². The van der Waals surface area contributed by atoms with Crippen LogP contribution in [0.3, 0.4) is 0 Å². The van der Waals surface area contributed by atoms with E-state index in [0.717, 1.165) is 5.56 Å². The minimum Gasteiger partial charge on any atom is -0.405 e. The Morgan fingerprint density at radius 1 is 1.28 bits per heavy atom. The van der Waals surface area contributed by atoms with Gasteiger partial charge in [0.2, 0.25) is 0 Å². The molecule has 0 aliphatic heterocycles. The van der Waals surface area contributed by atoms with E-state index in [0.29, 0.717) is 12.2 Å². The van der Waals surface area contributed by atoms with Crippen LogP contribution in [-0.2, 0) is 6.42 Å². The monoisotopic (exact) mass is 313 g/mol. The smallest absolute Gasteiger partial charge is 0.405 e. The molecular weight excluding hydrogens is 305 g/mol. The molecule has 2 aromatic rings. The van der Waals surface area contributed by atoms with Crippen molar-refractivity contribution >= 4 is 21.8 Å². The van der Waals surface area contributed by atoms with Crippen molar-refractivity contribution in [3.63, 3.8) is 0 Å². The van der Waals surface area contributed by atoms with E-state index >= 15 is 0 Å². The van der Waals surface area contributed by atoms with Gasteiger partial charge in [-0.05, 0) is 30.2 Å². The van der Waals surface area contributed by atoms with Crippen LogP contribution in [0.15, 0.2) is 40.8 Å². The Morgan fingerprint density at radius 2 is 1.94 bits per heavy atom. The van der Waals surface area contributed by atoms with E-state index in [-0.39, 0.29) is 16.5 Å². The third-order valence-electron chi connectivity index (χ3n) is 2.43. The molecule has 0 bridgehead atoms. The molecule has 0 amide bonds. The average Bonchev–Trinajstić information content (AvgIpc) is 2.81. The van der Waals surface area contributed by atoms with E-state index in [1.165, 1.54) is 18.2 Å². The molecule has 6 heteroatoms. The predicted molar refractivity (Wildman–Crippen MR) is 67.1 cm³/mol. The van der Waals surface area contributed by atoms with Crippen molar-refractivity contribution in [2.45, 2.75) is 11.2 Å². The van der Waals surface area contributed by atoms with Gasteiger partial charge in [-0.3, -0.25) is 10.1 Å². The summed E-state index contributed by atoms with van der Waals surface area (Å²) in [5.41, 5.74) is 0.914. The van der Waals surface area contributed by atoms with Crippen molar-refractivity contribution in [3.05, 3.63) is 63.7 Å². The fraction of sp³-hybridized carbons (Fsp3) is 0.167. The summed E-state index contributed by atoms with van der Waals surface area (Å²) in [5.74, 6) is -0.0990. The number of benzene rings is 1. The Bertz CT molecular complexity index is 553. The molecule has 0 aliphatic rings.